The molecule has 0 aliphatic carbocycles. The van der Waals surface area contributed by atoms with E-state index in [1.807, 2.05) is 31.2 Å². The Morgan fingerprint density at radius 2 is 1.88 bits per heavy atom. The number of halogens is 1. The van der Waals surface area contributed by atoms with E-state index >= 15 is 0 Å². The third-order valence-electron chi connectivity index (χ3n) is 4.04. The first kappa shape index (κ1) is 17.6. The summed E-state index contributed by atoms with van der Waals surface area (Å²) in [6.45, 7) is 4.87. The Morgan fingerprint density at radius 3 is 2.54 bits per heavy atom. The van der Waals surface area contributed by atoms with Crippen LogP contribution in [0.15, 0.2) is 66.9 Å². The van der Waals surface area contributed by atoms with Crippen molar-refractivity contribution in [1.82, 2.24) is 4.98 Å². The molecule has 0 unspecified atom stereocenters. The van der Waals surface area contributed by atoms with Gasteiger partial charge >= 0.3 is 0 Å². The third-order valence-corrected chi connectivity index (χ3v) is 4.04. The van der Waals surface area contributed by atoms with Gasteiger partial charge in [-0.05, 0) is 55.8 Å². The molecule has 0 saturated carbocycles. The van der Waals surface area contributed by atoms with Crippen LogP contribution in [0.4, 0.5) is 21.5 Å². The minimum absolute atomic E-state index is 0.137. The van der Waals surface area contributed by atoms with Gasteiger partial charge in [-0.3, -0.25) is 4.79 Å². The number of pyridine rings is 1. The van der Waals surface area contributed by atoms with Crippen molar-refractivity contribution in [3.05, 3.63) is 83.9 Å². The van der Waals surface area contributed by atoms with Gasteiger partial charge in [0.05, 0.1) is 17.6 Å². The minimum Gasteiger partial charge on any atom is -0.341 e. The average molecular weight is 349 g/mol. The lowest BCUT2D eigenvalue weighted by Gasteiger charge is -2.23. The lowest BCUT2D eigenvalue weighted by Crippen LogP contribution is -2.18. The second-order valence-corrected chi connectivity index (χ2v) is 5.92. The normalized spacial score (nSPS) is 10.4. The van der Waals surface area contributed by atoms with Gasteiger partial charge in [-0.1, -0.05) is 24.3 Å². The highest BCUT2D eigenvalue weighted by Gasteiger charge is 2.12. The minimum atomic E-state index is -0.478. The summed E-state index contributed by atoms with van der Waals surface area (Å²) in [5.41, 5.74) is 3.50. The molecule has 0 bridgehead atoms. The monoisotopic (exact) mass is 349 g/mol. The number of aromatic nitrogens is 1. The van der Waals surface area contributed by atoms with Crippen molar-refractivity contribution < 1.29 is 9.18 Å². The molecular formula is C21H20FN3O. The number of amides is 1. The molecule has 1 amide bonds. The lowest BCUT2D eigenvalue weighted by atomic mass is 10.2. The van der Waals surface area contributed by atoms with Crippen LogP contribution in [0.25, 0.3) is 0 Å². The summed E-state index contributed by atoms with van der Waals surface area (Å²) in [6, 6.07) is 17.7. The molecule has 0 atom stereocenters. The lowest BCUT2D eigenvalue weighted by molar-refractivity contribution is 0.102. The molecule has 0 fully saturated rings. The number of nitrogens with zero attached hydrogens (tertiary/aromatic N) is 2. The number of aryl methyl sites for hydroxylation is 1. The zero-order valence-corrected chi connectivity index (χ0v) is 14.7. The van der Waals surface area contributed by atoms with Crippen molar-refractivity contribution in [3.8, 4) is 0 Å². The smallest absolute Gasteiger partial charge is 0.274 e. The molecule has 132 valence electrons. The summed E-state index contributed by atoms with van der Waals surface area (Å²) in [6.07, 6.45) is 1.65. The summed E-state index contributed by atoms with van der Waals surface area (Å²) in [5.74, 6) is -0.922. The molecule has 4 nitrogen and oxygen atoms in total. The zero-order valence-electron chi connectivity index (χ0n) is 14.7. The van der Waals surface area contributed by atoms with E-state index < -0.39 is 11.7 Å². The zero-order chi connectivity index (χ0) is 18.5. The fourth-order valence-corrected chi connectivity index (χ4v) is 2.74. The van der Waals surface area contributed by atoms with Crippen molar-refractivity contribution in [2.24, 2.45) is 0 Å². The number of carbonyl (C=O) groups excluding carboxylic acids is 1. The molecule has 1 aromatic heterocycles. The van der Waals surface area contributed by atoms with Crippen LogP contribution < -0.4 is 10.2 Å². The van der Waals surface area contributed by atoms with Gasteiger partial charge in [-0.25, -0.2) is 9.37 Å². The molecule has 0 saturated heterocycles. The summed E-state index contributed by atoms with van der Waals surface area (Å²) in [5, 5.41) is 2.54. The Bertz CT molecular complexity index is 909. The highest BCUT2D eigenvalue weighted by atomic mass is 19.1. The van der Waals surface area contributed by atoms with Gasteiger partial charge in [0.15, 0.2) is 0 Å². The number of hydrogen-bond donors (Lipinski definition) is 1. The van der Waals surface area contributed by atoms with Crippen LogP contribution in [0.3, 0.4) is 0 Å². The first-order valence-electron chi connectivity index (χ1n) is 8.44. The predicted molar refractivity (Wildman–Crippen MR) is 102 cm³/mol. The van der Waals surface area contributed by atoms with E-state index in [9.17, 15) is 9.18 Å². The highest BCUT2D eigenvalue weighted by Crippen LogP contribution is 2.25. The molecule has 26 heavy (non-hydrogen) atoms. The maximum atomic E-state index is 13.7. The van der Waals surface area contributed by atoms with Crippen molar-refractivity contribution in [2.45, 2.75) is 13.8 Å². The van der Waals surface area contributed by atoms with Gasteiger partial charge in [-0.15, -0.1) is 0 Å². The highest BCUT2D eigenvalue weighted by molar-refractivity contribution is 6.03. The molecule has 1 N–H and O–H groups in total. The van der Waals surface area contributed by atoms with Crippen LogP contribution in [-0.2, 0) is 0 Å². The van der Waals surface area contributed by atoms with E-state index in [1.54, 1.807) is 24.4 Å². The molecule has 0 aliphatic heterocycles. The van der Waals surface area contributed by atoms with Crippen molar-refractivity contribution in [3.63, 3.8) is 0 Å². The van der Waals surface area contributed by atoms with E-state index in [-0.39, 0.29) is 11.4 Å². The largest absolute Gasteiger partial charge is 0.341 e. The van der Waals surface area contributed by atoms with E-state index in [1.165, 1.54) is 17.7 Å². The molecular weight excluding hydrogens is 329 g/mol. The number of hydrogen-bond acceptors (Lipinski definition) is 3. The first-order valence-corrected chi connectivity index (χ1v) is 8.44. The maximum Gasteiger partial charge on any atom is 0.274 e. The summed E-state index contributed by atoms with van der Waals surface area (Å²) < 4.78 is 13.7. The van der Waals surface area contributed by atoms with Crippen LogP contribution in [0, 0.1) is 12.7 Å². The summed E-state index contributed by atoms with van der Waals surface area (Å²) in [4.78, 5) is 18.6. The fraction of sp³-hybridized carbons (Fsp3) is 0.143. The van der Waals surface area contributed by atoms with Crippen molar-refractivity contribution in [2.75, 3.05) is 16.8 Å². The Balaban J connectivity index is 1.79. The average Bonchev–Trinajstić information content (AvgIpc) is 2.65. The Labute approximate surface area is 152 Å². The van der Waals surface area contributed by atoms with Gasteiger partial charge in [0.2, 0.25) is 0 Å². The van der Waals surface area contributed by atoms with Gasteiger partial charge in [0, 0.05) is 12.2 Å². The first-order chi connectivity index (χ1) is 12.6. The van der Waals surface area contributed by atoms with Crippen LogP contribution in [0.2, 0.25) is 0 Å². The molecule has 3 aromatic rings. The number of carbonyl (C=O) groups is 1. The van der Waals surface area contributed by atoms with Crippen LogP contribution in [0.1, 0.15) is 23.0 Å². The van der Waals surface area contributed by atoms with Crippen LogP contribution in [0.5, 0.6) is 0 Å². The number of para-hydroxylation sites is 1. The number of benzene rings is 2. The third kappa shape index (κ3) is 3.88. The second kappa shape index (κ2) is 7.78. The van der Waals surface area contributed by atoms with Gasteiger partial charge in [-0.2, -0.15) is 0 Å². The van der Waals surface area contributed by atoms with E-state index in [4.69, 9.17) is 0 Å². The second-order valence-electron chi connectivity index (χ2n) is 5.92. The molecule has 2 aromatic carbocycles. The Hall–Kier alpha value is -3.21. The Morgan fingerprint density at radius 1 is 1.08 bits per heavy atom. The fourth-order valence-electron chi connectivity index (χ4n) is 2.74. The van der Waals surface area contributed by atoms with Crippen molar-refractivity contribution in [1.29, 1.82) is 0 Å². The quantitative estimate of drug-likeness (QED) is 0.710. The Kier molecular flexibility index (Phi) is 5.27. The summed E-state index contributed by atoms with van der Waals surface area (Å²) in [7, 11) is 0. The molecule has 0 spiro atoms. The topological polar surface area (TPSA) is 45.2 Å². The van der Waals surface area contributed by atoms with E-state index in [0.717, 1.165) is 17.9 Å². The van der Waals surface area contributed by atoms with E-state index in [2.05, 4.69) is 28.2 Å². The van der Waals surface area contributed by atoms with Gasteiger partial charge < -0.3 is 10.2 Å². The number of rotatable bonds is 5. The number of anilines is 3. The SMILES string of the molecule is CCN(c1ccc(C(=O)Nc2ccccc2F)nc1)c1cccc(C)c1. The van der Waals surface area contributed by atoms with Crippen LogP contribution >= 0.6 is 0 Å². The summed E-state index contributed by atoms with van der Waals surface area (Å²) >= 11 is 0. The van der Waals surface area contributed by atoms with Crippen LogP contribution in [-0.4, -0.2) is 17.4 Å². The molecule has 5 heteroatoms. The predicted octanol–water partition coefficient (Wildman–Crippen LogP) is 4.94. The molecule has 1 heterocycles. The van der Waals surface area contributed by atoms with Crippen molar-refractivity contribution >= 4 is 23.0 Å². The van der Waals surface area contributed by atoms with Gasteiger partial charge in [0.1, 0.15) is 11.5 Å². The standard InChI is InChI=1S/C21H20FN3O/c1-3-25(16-8-6-7-15(2)13-16)17-11-12-20(23-14-17)21(26)24-19-10-5-4-9-18(19)22/h4-14H,3H2,1-2H3,(H,24,26). The number of nitrogens with one attached hydrogen (secondary N) is 1. The molecule has 0 aliphatic rings. The van der Waals surface area contributed by atoms with Gasteiger partial charge in [0.25, 0.3) is 5.91 Å². The maximum absolute atomic E-state index is 13.7. The van der Waals surface area contributed by atoms with E-state index in [0.29, 0.717) is 0 Å². The molecule has 3 rings (SSSR count). The molecule has 0 radical (unpaired) electrons.